The SMILES string of the molecule is CSCCC(NC(=O)C(CC(C)C)NC(=O)C(N)Cc1cnc[nH]1)C(=O)NC(Cc1ccccc1)C(=O)O. The van der Waals surface area contributed by atoms with Crippen molar-refractivity contribution in [2.45, 2.75) is 63.7 Å². The number of aliphatic carboxylic acids is 1. The van der Waals surface area contributed by atoms with E-state index in [1.54, 1.807) is 30.5 Å². The fraction of sp³-hybridized carbons (Fsp3) is 0.500. The molecule has 0 aliphatic heterocycles. The van der Waals surface area contributed by atoms with E-state index >= 15 is 0 Å². The molecule has 2 aromatic rings. The number of nitrogens with two attached hydrogens (primary N) is 1. The molecule has 1 aromatic heterocycles. The van der Waals surface area contributed by atoms with Crippen LogP contribution in [0.1, 0.15) is 37.9 Å². The molecule has 0 spiro atoms. The number of nitrogens with zero attached hydrogens (tertiary/aromatic N) is 1. The summed E-state index contributed by atoms with van der Waals surface area (Å²) < 4.78 is 0. The van der Waals surface area contributed by atoms with Crippen LogP contribution in [0.2, 0.25) is 0 Å². The van der Waals surface area contributed by atoms with Gasteiger partial charge in [-0.3, -0.25) is 14.4 Å². The first kappa shape index (κ1) is 30.8. The predicted molar refractivity (Wildman–Crippen MR) is 146 cm³/mol. The number of nitrogens with one attached hydrogen (secondary N) is 4. The number of amides is 3. The average molecular weight is 547 g/mol. The molecule has 0 radical (unpaired) electrons. The molecule has 0 aliphatic rings. The second kappa shape index (κ2) is 15.8. The molecule has 0 saturated heterocycles. The topological polar surface area (TPSA) is 179 Å². The smallest absolute Gasteiger partial charge is 0.326 e. The van der Waals surface area contributed by atoms with Crippen molar-refractivity contribution in [1.29, 1.82) is 0 Å². The Morgan fingerprint density at radius 3 is 2.18 bits per heavy atom. The zero-order valence-corrected chi connectivity index (χ0v) is 22.8. The Hall–Kier alpha value is -3.38. The number of benzene rings is 1. The molecule has 0 aliphatic carbocycles. The van der Waals surface area contributed by atoms with Gasteiger partial charge < -0.3 is 31.8 Å². The van der Waals surface area contributed by atoms with E-state index in [0.29, 0.717) is 17.9 Å². The predicted octanol–water partition coefficient (Wildman–Crippen LogP) is 0.860. The number of thioether (sulfide) groups is 1. The van der Waals surface area contributed by atoms with Gasteiger partial charge in [0.25, 0.3) is 0 Å². The highest BCUT2D eigenvalue weighted by Gasteiger charge is 2.30. The van der Waals surface area contributed by atoms with E-state index in [1.807, 2.05) is 26.2 Å². The maximum absolute atomic E-state index is 13.3. The van der Waals surface area contributed by atoms with Gasteiger partial charge in [0.05, 0.1) is 12.4 Å². The summed E-state index contributed by atoms with van der Waals surface area (Å²) in [4.78, 5) is 57.8. The summed E-state index contributed by atoms with van der Waals surface area (Å²) in [6, 6.07) is 5.02. The van der Waals surface area contributed by atoms with Gasteiger partial charge in [0.15, 0.2) is 0 Å². The van der Waals surface area contributed by atoms with Crippen LogP contribution >= 0.6 is 11.8 Å². The number of carboxylic acid groups (broad SMARTS) is 1. The third kappa shape index (κ3) is 10.5. The molecule has 1 heterocycles. The maximum Gasteiger partial charge on any atom is 0.326 e. The molecule has 4 unspecified atom stereocenters. The molecular formula is C26H38N6O5S. The molecule has 4 atom stereocenters. The lowest BCUT2D eigenvalue weighted by Gasteiger charge is -2.26. The van der Waals surface area contributed by atoms with Crippen molar-refractivity contribution in [2.24, 2.45) is 11.7 Å². The van der Waals surface area contributed by atoms with Gasteiger partial charge in [-0.25, -0.2) is 9.78 Å². The van der Waals surface area contributed by atoms with Crippen molar-refractivity contribution >= 4 is 35.5 Å². The summed E-state index contributed by atoms with van der Waals surface area (Å²) in [5.41, 5.74) is 7.49. The largest absolute Gasteiger partial charge is 0.480 e. The average Bonchev–Trinajstić information content (AvgIpc) is 3.38. The monoisotopic (exact) mass is 546 g/mol. The van der Waals surface area contributed by atoms with Crippen molar-refractivity contribution in [1.82, 2.24) is 25.9 Å². The van der Waals surface area contributed by atoms with Crippen LogP contribution in [0.4, 0.5) is 0 Å². The van der Waals surface area contributed by atoms with Crippen LogP contribution in [0, 0.1) is 5.92 Å². The van der Waals surface area contributed by atoms with Crippen LogP contribution in [0.25, 0.3) is 0 Å². The fourth-order valence-electron chi connectivity index (χ4n) is 3.81. The van der Waals surface area contributed by atoms with E-state index < -0.39 is 47.9 Å². The number of rotatable bonds is 16. The Morgan fingerprint density at radius 2 is 1.61 bits per heavy atom. The Bertz CT molecular complexity index is 1030. The lowest BCUT2D eigenvalue weighted by atomic mass is 10.0. The first-order valence-corrected chi connectivity index (χ1v) is 13.9. The first-order chi connectivity index (χ1) is 18.1. The number of carbonyl (C=O) groups excluding carboxylic acids is 3. The highest BCUT2D eigenvalue weighted by Crippen LogP contribution is 2.09. The molecule has 38 heavy (non-hydrogen) atoms. The molecule has 208 valence electrons. The highest BCUT2D eigenvalue weighted by molar-refractivity contribution is 7.98. The number of hydrogen-bond donors (Lipinski definition) is 6. The summed E-state index contributed by atoms with van der Waals surface area (Å²) in [6.07, 6.45) is 5.88. The number of carbonyl (C=O) groups is 4. The van der Waals surface area contributed by atoms with Crippen LogP contribution < -0.4 is 21.7 Å². The van der Waals surface area contributed by atoms with Gasteiger partial charge in [-0.15, -0.1) is 0 Å². The van der Waals surface area contributed by atoms with Gasteiger partial charge in [-0.05, 0) is 36.3 Å². The lowest BCUT2D eigenvalue weighted by Crippen LogP contribution is -2.57. The number of aromatic amines is 1. The number of imidazole rings is 1. The van der Waals surface area contributed by atoms with E-state index in [-0.39, 0.29) is 25.2 Å². The minimum absolute atomic E-state index is 0.0654. The number of H-pyrrole nitrogens is 1. The Kier molecular flexibility index (Phi) is 12.8. The lowest BCUT2D eigenvalue weighted by molar-refractivity contribution is -0.142. The molecular weight excluding hydrogens is 508 g/mol. The van der Waals surface area contributed by atoms with Crippen LogP contribution in [-0.4, -0.2) is 74.9 Å². The van der Waals surface area contributed by atoms with E-state index in [2.05, 4.69) is 25.9 Å². The normalized spacial score (nSPS) is 14.2. The number of carboxylic acids is 1. The molecule has 12 heteroatoms. The van der Waals surface area contributed by atoms with Crippen molar-refractivity contribution in [3.63, 3.8) is 0 Å². The summed E-state index contributed by atoms with van der Waals surface area (Å²) in [7, 11) is 0. The van der Waals surface area contributed by atoms with E-state index in [4.69, 9.17) is 5.73 Å². The molecule has 3 amide bonds. The van der Waals surface area contributed by atoms with Crippen LogP contribution in [0.3, 0.4) is 0 Å². The molecule has 0 bridgehead atoms. The summed E-state index contributed by atoms with van der Waals surface area (Å²) >= 11 is 1.50. The summed E-state index contributed by atoms with van der Waals surface area (Å²) in [5, 5.41) is 17.7. The van der Waals surface area contributed by atoms with Gasteiger partial charge in [-0.1, -0.05) is 44.2 Å². The third-order valence-corrected chi connectivity index (χ3v) is 6.46. The van der Waals surface area contributed by atoms with Gasteiger partial charge in [0, 0.05) is 24.7 Å². The Morgan fingerprint density at radius 1 is 0.974 bits per heavy atom. The summed E-state index contributed by atoms with van der Waals surface area (Å²) in [6.45, 7) is 3.83. The molecule has 7 N–H and O–H groups in total. The number of aromatic nitrogens is 2. The van der Waals surface area contributed by atoms with Crippen LogP contribution in [0.15, 0.2) is 42.9 Å². The molecule has 2 rings (SSSR count). The fourth-order valence-corrected chi connectivity index (χ4v) is 4.28. The zero-order chi connectivity index (χ0) is 28.1. The van der Waals surface area contributed by atoms with Gasteiger partial charge >= 0.3 is 5.97 Å². The molecule has 1 aromatic carbocycles. The summed E-state index contributed by atoms with van der Waals surface area (Å²) in [5.74, 6) is -2.17. The van der Waals surface area contributed by atoms with Gasteiger partial charge in [0.2, 0.25) is 17.7 Å². The molecule has 0 saturated carbocycles. The van der Waals surface area contributed by atoms with Crippen LogP contribution in [-0.2, 0) is 32.0 Å². The van der Waals surface area contributed by atoms with Crippen molar-refractivity contribution < 1.29 is 24.3 Å². The minimum Gasteiger partial charge on any atom is -0.480 e. The minimum atomic E-state index is -1.17. The zero-order valence-electron chi connectivity index (χ0n) is 22.0. The quantitative estimate of drug-likeness (QED) is 0.179. The van der Waals surface area contributed by atoms with Gasteiger partial charge in [0.1, 0.15) is 18.1 Å². The van der Waals surface area contributed by atoms with E-state index in [9.17, 15) is 24.3 Å². The van der Waals surface area contributed by atoms with Crippen molar-refractivity contribution in [3.8, 4) is 0 Å². The van der Waals surface area contributed by atoms with Gasteiger partial charge in [-0.2, -0.15) is 11.8 Å². The maximum atomic E-state index is 13.3. The first-order valence-electron chi connectivity index (χ1n) is 12.5. The molecule has 0 fully saturated rings. The van der Waals surface area contributed by atoms with Crippen LogP contribution in [0.5, 0.6) is 0 Å². The van der Waals surface area contributed by atoms with E-state index in [1.165, 1.54) is 18.1 Å². The standard InChI is InChI=1S/C26H38N6O5S/c1-16(2)11-21(31-23(33)19(27)13-18-14-28-15-29-18)25(35)30-20(9-10-38-3)24(34)32-22(26(36)37)12-17-7-5-4-6-8-17/h4-8,14-16,19-22H,9-13,27H2,1-3H3,(H,28,29)(H,30,35)(H,31,33)(H,32,34)(H,36,37). The van der Waals surface area contributed by atoms with E-state index in [0.717, 1.165) is 5.56 Å². The second-order valence-corrected chi connectivity index (χ2v) is 10.5. The Balaban J connectivity index is 2.10. The Labute approximate surface area is 227 Å². The van der Waals surface area contributed by atoms with Crippen molar-refractivity contribution in [2.75, 3.05) is 12.0 Å². The second-order valence-electron chi connectivity index (χ2n) is 9.51. The molecule has 11 nitrogen and oxygen atoms in total. The number of hydrogen-bond acceptors (Lipinski definition) is 7. The van der Waals surface area contributed by atoms with Crippen molar-refractivity contribution in [3.05, 3.63) is 54.1 Å². The third-order valence-electron chi connectivity index (χ3n) is 5.81. The highest BCUT2D eigenvalue weighted by atomic mass is 32.2.